The minimum absolute atomic E-state index is 0.0188. The fraction of sp³-hybridized carbons (Fsp3) is 0.156. The highest BCUT2D eigenvalue weighted by atomic mass is 16.5. The highest BCUT2D eigenvalue weighted by Crippen LogP contribution is 2.27. The van der Waals surface area contributed by atoms with Crippen LogP contribution in [0.5, 0.6) is 0 Å². The van der Waals surface area contributed by atoms with Gasteiger partial charge in [0.25, 0.3) is 5.56 Å². The summed E-state index contributed by atoms with van der Waals surface area (Å²) in [5, 5.41) is 14.4. The molecule has 15 heteroatoms. The quantitative estimate of drug-likeness (QED) is 0.207. The van der Waals surface area contributed by atoms with Gasteiger partial charge in [-0.05, 0) is 68.0 Å². The predicted octanol–water partition coefficient (Wildman–Crippen LogP) is 3.49. The van der Waals surface area contributed by atoms with E-state index in [1.807, 2.05) is 44.4 Å². The van der Waals surface area contributed by atoms with Gasteiger partial charge in [-0.15, -0.1) is 5.10 Å². The van der Waals surface area contributed by atoms with Crippen molar-refractivity contribution in [2.24, 2.45) is 0 Å². The maximum atomic E-state index is 13.9. The van der Waals surface area contributed by atoms with E-state index in [2.05, 4.69) is 36.6 Å². The highest BCUT2D eigenvalue weighted by molar-refractivity contribution is 6.01. The molecule has 0 spiro atoms. The first-order valence-corrected chi connectivity index (χ1v) is 14.4. The number of esters is 1. The third-order valence-electron chi connectivity index (χ3n) is 7.13. The summed E-state index contributed by atoms with van der Waals surface area (Å²) in [5.74, 6) is -0.773. The predicted molar refractivity (Wildman–Crippen MR) is 173 cm³/mol. The first-order chi connectivity index (χ1) is 22.6. The zero-order valence-corrected chi connectivity index (χ0v) is 25.6. The number of hydrogen-bond acceptors (Lipinski definition) is 11. The van der Waals surface area contributed by atoms with E-state index in [-0.39, 0.29) is 40.9 Å². The molecular formula is C32H29N9O6. The van der Waals surface area contributed by atoms with Crippen LogP contribution in [0.1, 0.15) is 23.0 Å². The topological polar surface area (TPSA) is 196 Å². The van der Waals surface area contributed by atoms with Crippen LogP contribution >= 0.6 is 0 Å². The molecule has 0 fully saturated rings. The average molecular weight is 636 g/mol. The Morgan fingerprint density at radius 2 is 1.77 bits per heavy atom. The number of amides is 1. The lowest BCUT2D eigenvalue weighted by molar-refractivity contribution is 0.0521. The van der Waals surface area contributed by atoms with E-state index in [0.717, 1.165) is 27.9 Å². The number of benzene rings is 3. The summed E-state index contributed by atoms with van der Waals surface area (Å²) in [7, 11) is 3.98. The molecule has 1 amide bonds. The van der Waals surface area contributed by atoms with Crippen molar-refractivity contribution in [3.05, 3.63) is 105 Å². The Balaban J connectivity index is 1.39. The standard InChI is InChI=1S/C32H29N9O6/c1-4-46-29(43)25-24-26(41(38-25)22-10-7-9-19(16-22)27-36-37-30(33)47-27)28(42)40(32(45)35-24)31(44)34-21-14-12-18(13-15-21)23-11-6-5-8-20(23)17-39(2)3/h5-16H,4,17H2,1-3H3,(H2,33,37)(H,34,44)(H,35,45). The van der Waals surface area contributed by atoms with Crippen molar-refractivity contribution < 1.29 is 18.7 Å². The molecule has 0 saturated carbocycles. The van der Waals surface area contributed by atoms with Gasteiger partial charge < -0.3 is 30.1 Å². The van der Waals surface area contributed by atoms with Crippen molar-refractivity contribution >= 4 is 34.7 Å². The van der Waals surface area contributed by atoms with Crippen molar-refractivity contribution in [1.29, 1.82) is 0 Å². The summed E-state index contributed by atoms with van der Waals surface area (Å²) in [6.07, 6.45) is 0. The summed E-state index contributed by atoms with van der Waals surface area (Å²) in [6.45, 7) is 2.37. The first-order valence-electron chi connectivity index (χ1n) is 14.4. The average Bonchev–Trinajstić information content (AvgIpc) is 3.66. The van der Waals surface area contributed by atoms with E-state index in [0.29, 0.717) is 15.8 Å². The number of nitrogen functional groups attached to an aromatic ring is 1. The number of nitrogens with two attached hydrogens (primary N) is 1. The number of rotatable bonds is 8. The number of carbonyl (C=O) groups is 2. The van der Waals surface area contributed by atoms with E-state index in [4.69, 9.17) is 14.9 Å². The normalized spacial score (nSPS) is 11.2. The molecule has 3 aromatic heterocycles. The molecule has 0 aliphatic heterocycles. The second-order valence-electron chi connectivity index (χ2n) is 10.7. The van der Waals surface area contributed by atoms with Gasteiger partial charge in [0.2, 0.25) is 5.89 Å². The van der Waals surface area contributed by atoms with Gasteiger partial charge in [0.15, 0.2) is 11.2 Å². The number of hydrogen-bond donors (Lipinski definition) is 3. The number of nitrogens with zero attached hydrogens (tertiary/aromatic N) is 6. The monoisotopic (exact) mass is 635 g/mol. The lowest BCUT2D eigenvalue weighted by Crippen LogP contribution is -2.42. The van der Waals surface area contributed by atoms with E-state index >= 15 is 0 Å². The summed E-state index contributed by atoms with van der Waals surface area (Å²) < 4.78 is 12.0. The van der Waals surface area contributed by atoms with Crippen molar-refractivity contribution in [3.8, 4) is 28.3 Å². The van der Waals surface area contributed by atoms with Crippen LogP contribution in [0, 0.1) is 0 Å². The second-order valence-corrected chi connectivity index (χ2v) is 10.7. The van der Waals surface area contributed by atoms with Crippen molar-refractivity contribution in [2.45, 2.75) is 13.5 Å². The van der Waals surface area contributed by atoms with Crippen LogP contribution in [0.2, 0.25) is 0 Å². The van der Waals surface area contributed by atoms with Gasteiger partial charge in [-0.1, -0.05) is 47.6 Å². The molecule has 0 bridgehead atoms. The minimum atomic E-state index is -1.07. The van der Waals surface area contributed by atoms with Gasteiger partial charge in [-0.3, -0.25) is 4.79 Å². The number of H-pyrrole nitrogens is 1. The molecule has 47 heavy (non-hydrogen) atoms. The minimum Gasteiger partial charge on any atom is -0.461 e. The first kappa shape index (κ1) is 30.7. The summed E-state index contributed by atoms with van der Waals surface area (Å²) in [6, 6.07) is 20.3. The van der Waals surface area contributed by atoms with Gasteiger partial charge in [-0.25, -0.2) is 19.1 Å². The van der Waals surface area contributed by atoms with Gasteiger partial charge in [0, 0.05) is 17.8 Å². The van der Waals surface area contributed by atoms with Crippen LogP contribution in [-0.4, -0.2) is 67.1 Å². The Labute approximate surface area is 266 Å². The second kappa shape index (κ2) is 12.6. The Hall–Kier alpha value is -6.35. The molecule has 15 nitrogen and oxygen atoms in total. The lowest BCUT2D eigenvalue weighted by Gasteiger charge is -2.15. The molecule has 6 aromatic rings. The van der Waals surface area contributed by atoms with Crippen molar-refractivity contribution in [3.63, 3.8) is 0 Å². The number of fused-ring (bicyclic) bond motifs is 1. The summed E-state index contributed by atoms with van der Waals surface area (Å²) >= 11 is 0. The third-order valence-corrected chi connectivity index (χ3v) is 7.13. The lowest BCUT2D eigenvalue weighted by atomic mass is 9.99. The maximum Gasteiger partial charge on any atom is 0.361 e. The smallest absolute Gasteiger partial charge is 0.361 e. The molecule has 3 aromatic carbocycles. The van der Waals surface area contributed by atoms with Crippen molar-refractivity contribution in [2.75, 3.05) is 31.8 Å². The zero-order valence-electron chi connectivity index (χ0n) is 25.6. The largest absolute Gasteiger partial charge is 0.461 e. The molecule has 3 heterocycles. The molecule has 6 rings (SSSR count). The van der Waals surface area contributed by atoms with E-state index < -0.39 is 23.2 Å². The number of aromatic amines is 1. The van der Waals surface area contributed by atoms with E-state index in [1.54, 1.807) is 43.3 Å². The molecule has 0 unspecified atom stereocenters. The Morgan fingerprint density at radius 1 is 1.00 bits per heavy atom. The molecule has 0 radical (unpaired) electrons. The SMILES string of the molecule is CCOC(=O)c1nn(-c2cccc(-c3nnc(N)o3)c2)c2c(=O)n(C(=O)Nc3ccc(-c4ccccc4CN(C)C)cc3)c(=O)[nH]c12. The zero-order chi connectivity index (χ0) is 33.2. The van der Waals surface area contributed by atoms with Gasteiger partial charge >= 0.3 is 23.7 Å². The molecular weight excluding hydrogens is 606 g/mol. The van der Waals surface area contributed by atoms with Gasteiger partial charge in [0.05, 0.1) is 12.3 Å². The number of anilines is 2. The molecule has 0 atom stereocenters. The maximum absolute atomic E-state index is 13.9. The summed E-state index contributed by atoms with van der Waals surface area (Å²) in [5.41, 5.74) is 6.86. The van der Waals surface area contributed by atoms with Crippen LogP contribution in [-0.2, 0) is 11.3 Å². The molecule has 0 aliphatic rings. The van der Waals surface area contributed by atoms with Gasteiger partial charge in [-0.2, -0.15) is 9.67 Å². The van der Waals surface area contributed by atoms with E-state index in [9.17, 15) is 19.2 Å². The number of carbonyl (C=O) groups excluding carboxylic acids is 2. The van der Waals surface area contributed by atoms with Crippen LogP contribution < -0.4 is 22.3 Å². The fourth-order valence-electron chi connectivity index (χ4n) is 5.12. The highest BCUT2D eigenvalue weighted by Gasteiger charge is 2.26. The number of nitrogens with one attached hydrogen (secondary N) is 2. The fourth-order valence-corrected chi connectivity index (χ4v) is 5.12. The van der Waals surface area contributed by atoms with Crippen LogP contribution in [0.25, 0.3) is 39.3 Å². The number of ether oxygens (including phenoxy) is 1. The van der Waals surface area contributed by atoms with Gasteiger partial charge in [0.1, 0.15) is 5.52 Å². The van der Waals surface area contributed by atoms with Crippen LogP contribution in [0.4, 0.5) is 16.5 Å². The third kappa shape index (κ3) is 6.02. The molecule has 4 N–H and O–H groups in total. The number of aromatic nitrogens is 6. The Kier molecular flexibility index (Phi) is 8.20. The van der Waals surface area contributed by atoms with E-state index in [1.165, 1.54) is 0 Å². The Bertz CT molecular complexity index is 2250. The van der Waals surface area contributed by atoms with Crippen LogP contribution in [0.3, 0.4) is 0 Å². The molecule has 0 aliphatic carbocycles. The molecule has 238 valence electrons. The Morgan fingerprint density at radius 3 is 2.47 bits per heavy atom. The van der Waals surface area contributed by atoms with Crippen molar-refractivity contribution in [1.82, 2.24) is 34.4 Å². The molecule has 0 saturated heterocycles. The summed E-state index contributed by atoms with van der Waals surface area (Å²) in [4.78, 5) is 57.9. The van der Waals surface area contributed by atoms with Crippen LogP contribution in [0.15, 0.2) is 86.8 Å².